The fourth-order valence-electron chi connectivity index (χ4n) is 0.265. The van der Waals surface area contributed by atoms with Crippen LogP contribution in [-0.2, 0) is 0 Å². The molecule has 0 spiro atoms. The average molecular weight is 95.2 g/mol. The van der Waals surface area contributed by atoms with E-state index in [1.165, 1.54) is 0 Å². The summed E-state index contributed by atoms with van der Waals surface area (Å²) in [6.45, 7) is 0. The Balaban J connectivity index is 3.05. The summed E-state index contributed by atoms with van der Waals surface area (Å²) in [6, 6.07) is 0. The van der Waals surface area contributed by atoms with E-state index in [4.69, 9.17) is 0 Å². The van der Waals surface area contributed by atoms with E-state index in [0.717, 1.165) is 5.45 Å². The molecule has 0 aromatic carbocycles. The number of nitrogens with one attached hydrogen (secondary N) is 1. The lowest BCUT2D eigenvalue weighted by Crippen LogP contribution is -2.04. The number of rotatable bonds is 0. The summed E-state index contributed by atoms with van der Waals surface area (Å²) in [4.78, 5) is 6.58. The summed E-state index contributed by atoms with van der Waals surface area (Å²) < 4.78 is 0. The topological polar surface area (TPSA) is 28.7 Å². The molecule has 2 nitrogen and oxygen atoms in total. The van der Waals surface area contributed by atoms with Gasteiger partial charge in [0.05, 0.1) is 5.45 Å². The first kappa shape index (κ1) is 3.61. The summed E-state index contributed by atoms with van der Waals surface area (Å²) >= 11 is 0. The summed E-state index contributed by atoms with van der Waals surface area (Å²) in [5, 5.41) is 0. The molecule has 0 fully saturated rings. The highest BCUT2D eigenvalue weighted by Crippen LogP contribution is 1.59. The number of aromatic nitrogens is 2. The van der Waals surface area contributed by atoms with E-state index in [2.05, 4.69) is 20.2 Å². The Kier molecular flexibility index (Phi) is 0.758. The molecule has 0 atom stereocenters. The van der Waals surface area contributed by atoms with Crippen LogP contribution in [0.2, 0.25) is 0 Å². The molecule has 0 aliphatic carbocycles. The Labute approximate surface area is 39.0 Å². The predicted molar refractivity (Wildman–Crippen MR) is 24.0 cm³/mol. The third-order valence-corrected chi connectivity index (χ3v) is 0.772. The first-order chi connectivity index (χ1) is 2.89. The monoisotopic (exact) mass is 95.0 g/mol. The van der Waals surface area contributed by atoms with Crippen molar-refractivity contribution in [3.63, 3.8) is 0 Å². The van der Waals surface area contributed by atoms with Crippen molar-refractivity contribution in [1.29, 1.82) is 0 Å². The van der Waals surface area contributed by atoms with E-state index < -0.39 is 0 Å². The quantitative estimate of drug-likeness (QED) is 0.420. The van der Waals surface area contributed by atoms with Gasteiger partial charge in [0.25, 0.3) is 0 Å². The molecule has 0 saturated heterocycles. The van der Waals surface area contributed by atoms with Crippen molar-refractivity contribution < 1.29 is 0 Å². The van der Waals surface area contributed by atoms with Gasteiger partial charge in [0.2, 0.25) is 0 Å². The summed E-state index contributed by atoms with van der Waals surface area (Å²) in [5.41, 5.74) is 0.773. The normalized spacial score (nSPS) is 8.83. The second kappa shape index (κ2) is 1.26. The standard InChI is InChI=1S/C3H3N2Si/c6-3-4-1-2-5-3/h1-2H,(H,4,5). The van der Waals surface area contributed by atoms with Gasteiger partial charge in [0.15, 0.2) is 0 Å². The molecule has 0 amide bonds. The van der Waals surface area contributed by atoms with Gasteiger partial charge in [-0.3, -0.25) is 0 Å². The third kappa shape index (κ3) is 0.489. The lowest BCUT2D eigenvalue weighted by Gasteiger charge is -1.68. The second-order valence-corrected chi connectivity index (χ2v) is 1.41. The fraction of sp³-hybridized carbons (Fsp3) is 0. The molecule has 3 radical (unpaired) electrons. The van der Waals surface area contributed by atoms with Crippen molar-refractivity contribution >= 4 is 15.7 Å². The Morgan fingerprint density at radius 2 is 2.67 bits per heavy atom. The van der Waals surface area contributed by atoms with Crippen LogP contribution in [0, 0.1) is 0 Å². The van der Waals surface area contributed by atoms with Gasteiger partial charge in [0.1, 0.15) is 10.2 Å². The summed E-state index contributed by atoms with van der Waals surface area (Å²) in [7, 11) is 3.16. The smallest absolute Gasteiger partial charge is 0.125 e. The summed E-state index contributed by atoms with van der Waals surface area (Å²) in [5.74, 6) is 0. The SMILES string of the molecule is [Si]c1ncc[nH]1. The molecule has 1 rings (SSSR count). The lowest BCUT2D eigenvalue weighted by molar-refractivity contribution is 1.41. The van der Waals surface area contributed by atoms with Gasteiger partial charge in [-0.25, -0.2) is 4.98 Å². The van der Waals surface area contributed by atoms with Crippen LogP contribution in [0.3, 0.4) is 0 Å². The maximum Gasteiger partial charge on any atom is 0.125 e. The number of H-pyrrole nitrogens is 1. The number of aromatic amines is 1. The van der Waals surface area contributed by atoms with E-state index >= 15 is 0 Å². The Morgan fingerprint density at radius 3 is 2.83 bits per heavy atom. The zero-order valence-corrected chi connectivity index (χ0v) is 4.10. The van der Waals surface area contributed by atoms with Crippen molar-refractivity contribution in [2.24, 2.45) is 0 Å². The predicted octanol–water partition coefficient (Wildman–Crippen LogP) is -0.797. The molecule has 1 N–H and O–H groups in total. The van der Waals surface area contributed by atoms with E-state index in [0.29, 0.717) is 0 Å². The van der Waals surface area contributed by atoms with Gasteiger partial charge in [-0.05, 0) is 0 Å². The molecular formula is C3H3N2Si. The van der Waals surface area contributed by atoms with Crippen LogP contribution >= 0.6 is 0 Å². The van der Waals surface area contributed by atoms with Crippen molar-refractivity contribution in [1.82, 2.24) is 9.97 Å². The average Bonchev–Trinajstić information content (AvgIpc) is 1.86. The molecule has 0 saturated carbocycles. The molecule has 6 heavy (non-hydrogen) atoms. The number of imidazole rings is 1. The Morgan fingerprint density at radius 1 is 1.83 bits per heavy atom. The highest BCUT2D eigenvalue weighted by Gasteiger charge is 1.74. The van der Waals surface area contributed by atoms with Crippen LogP contribution in [0.1, 0.15) is 0 Å². The van der Waals surface area contributed by atoms with Crippen molar-refractivity contribution in [2.45, 2.75) is 0 Å². The van der Waals surface area contributed by atoms with Gasteiger partial charge in [-0.2, -0.15) is 0 Å². The van der Waals surface area contributed by atoms with E-state index in [1.807, 2.05) is 0 Å². The van der Waals surface area contributed by atoms with Gasteiger partial charge in [-0.15, -0.1) is 0 Å². The third-order valence-electron chi connectivity index (χ3n) is 0.498. The van der Waals surface area contributed by atoms with E-state index in [-0.39, 0.29) is 0 Å². The van der Waals surface area contributed by atoms with Crippen LogP contribution < -0.4 is 5.45 Å². The Hall–Kier alpha value is -0.573. The highest BCUT2D eigenvalue weighted by molar-refractivity contribution is 6.28. The van der Waals surface area contributed by atoms with Crippen molar-refractivity contribution in [2.75, 3.05) is 0 Å². The van der Waals surface area contributed by atoms with Crippen LogP contribution in [0.5, 0.6) is 0 Å². The number of nitrogens with zero attached hydrogens (tertiary/aromatic N) is 1. The lowest BCUT2D eigenvalue weighted by atomic mass is 11.0. The van der Waals surface area contributed by atoms with Gasteiger partial charge < -0.3 is 4.98 Å². The van der Waals surface area contributed by atoms with E-state index in [9.17, 15) is 0 Å². The zero-order valence-electron chi connectivity index (χ0n) is 3.10. The van der Waals surface area contributed by atoms with Crippen molar-refractivity contribution in [3.05, 3.63) is 12.4 Å². The minimum absolute atomic E-state index is 0.773. The van der Waals surface area contributed by atoms with Crippen LogP contribution in [0.15, 0.2) is 12.4 Å². The van der Waals surface area contributed by atoms with Gasteiger partial charge in [-0.1, -0.05) is 0 Å². The maximum atomic E-state index is 3.77. The molecule has 1 aromatic rings. The van der Waals surface area contributed by atoms with E-state index in [1.54, 1.807) is 12.4 Å². The molecule has 1 aromatic heterocycles. The van der Waals surface area contributed by atoms with Gasteiger partial charge >= 0.3 is 0 Å². The maximum absolute atomic E-state index is 3.77. The summed E-state index contributed by atoms with van der Waals surface area (Å²) in [6.07, 6.45) is 3.44. The fourth-order valence-corrected chi connectivity index (χ4v) is 0.423. The second-order valence-electron chi connectivity index (χ2n) is 0.938. The van der Waals surface area contributed by atoms with Crippen LogP contribution in [-0.4, -0.2) is 20.2 Å². The molecule has 29 valence electrons. The number of hydrogen-bond acceptors (Lipinski definition) is 1. The zero-order chi connectivity index (χ0) is 4.41. The van der Waals surface area contributed by atoms with Crippen LogP contribution in [0.4, 0.5) is 0 Å². The van der Waals surface area contributed by atoms with Gasteiger partial charge in [0, 0.05) is 12.4 Å². The van der Waals surface area contributed by atoms with Crippen molar-refractivity contribution in [3.8, 4) is 0 Å². The molecule has 0 aliphatic rings. The first-order valence-electron chi connectivity index (χ1n) is 1.60. The first-order valence-corrected chi connectivity index (χ1v) is 2.10. The van der Waals surface area contributed by atoms with Crippen LogP contribution in [0.25, 0.3) is 0 Å². The molecular weight excluding hydrogens is 92.1 g/mol. The largest absolute Gasteiger partial charge is 0.353 e. The molecule has 0 aliphatic heterocycles. The number of hydrogen-bond donors (Lipinski definition) is 1. The minimum Gasteiger partial charge on any atom is -0.353 e. The molecule has 3 heteroatoms. The molecule has 1 heterocycles. The Bertz CT molecular complexity index is 112. The minimum atomic E-state index is 0.773. The molecule has 0 unspecified atom stereocenters. The molecule has 0 bridgehead atoms. The highest BCUT2D eigenvalue weighted by atomic mass is 28.1.